The third-order valence-corrected chi connectivity index (χ3v) is 5.64. The second-order valence-electron chi connectivity index (χ2n) is 8.05. The summed E-state index contributed by atoms with van der Waals surface area (Å²) in [5.41, 5.74) is 1.76. The molecule has 4 heterocycles. The number of fused-ring (bicyclic) bond motifs is 1. The van der Waals surface area contributed by atoms with Crippen molar-refractivity contribution in [2.75, 3.05) is 24.7 Å². The van der Waals surface area contributed by atoms with E-state index < -0.39 is 22.9 Å². The molecular weight excluding hydrogens is 465 g/mol. The van der Waals surface area contributed by atoms with Crippen molar-refractivity contribution in [3.63, 3.8) is 0 Å². The average molecular weight is 485 g/mol. The van der Waals surface area contributed by atoms with Gasteiger partial charge in [-0.3, -0.25) is 14.5 Å². The van der Waals surface area contributed by atoms with Crippen LogP contribution in [0.4, 0.5) is 20.7 Å². The maximum atomic E-state index is 14.8. The number of nitro groups is 1. The Balaban J connectivity index is 1.21. The van der Waals surface area contributed by atoms with Crippen molar-refractivity contribution in [2.24, 2.45) is 0 Å². The number of aliphatic hydroxyl groups excluding tert-OH is 1. The van der Waals surface area contributed by atoms with Gasteiger partial charge >= 0.3 is 17.9 Å². The number of imidazole rings is 1. The number of anilines is 1. The van der Waals surface area contributed by atoms with Crippen LogP contribution in [0.2, 0.25) is 0 Å². The Hall–Kier alpha value is -4.10. The molecule has 1 fully saturated rings. The minimum atomic E-state index is -0.637. The largest absolute Gasteiger partial charge is 0.443 e. The van der Waals surface area contributed by atoms with Gasteiger partial charge in [-0.2, -0.15) is 0 Å². The Morgan fingerprint density at radius 1 is 1.29 bits per heavy atom. The Kier molecular flexibility index (Phi) is 6.01. The van der Waals surface area contributed by atoms with Crippen LogP contribution in [0, 0.1) is 15.9 Å². The van der Waals surface area contributed by atoms with Crippen LogP contribution in [0.5, 0.6) is 6.01 Å². The van der Waals surface area contributed by atoms with Crippen LogP contribution in [-0.4, -0.2) is 62.6 Å². The van der Waals surface area contributed by atoms with Gasteiger partial charge in [-0.15, -0.1) is 0 Å². The number of cyclic esters (lactones) is 1. The standard InChI is InChI=1S/C22H20FN5O7/c23-18-5-14(27-8-15(10-29)35-22(27)30)2-3-17(18)19-4-1-13(6-24-19)11-33-16-7-26-9-20(28(31)32)25-21(26)34-12-16/h1-6,9,15-16,29H,7-8,10-12H2. The number of hydrogen-bond donors (Lipinski definition) is 1. The van der Waals surface area contributed by atoms with Gasteiger partial charge in [0.25, 0.3) is 0 Å². The highest BCUT2D eigenvalue weighted by atomic mass is 19.1. The second-order valence-corrected chi connectivity index (χ2v) is 8.05. The van der Waals surface area contributed by atoms with Crippen LogP contribution in [0.3, 0.4) is 0 Å². The number of rotatable bonds is 7. The Bertz CT molecular complexity index is 1270. The van der Waals surface area contributed by atoms with Gasteiger partial charge in [-0.25, -0.2) is 9.18 Å². The molecule has 12 nitrogen and oxygen atoms in total. The van der Waals surface area contributed by atoms with E-state index in [2.05, 4.69) is 9.97 Å². The van der Waals surface area contributed by atoms with Gasteiger partial charge in [-0.05, 0) is 34.8 Å². The summed E-state index contributed by atoms with van der Waals surface area (Å²) in [7, 11) is 0. The summed E-state index contributed by atoms with van der Waals surface area (Å²) in [6, 6.07) is 7.96. The molecule has 1 saturated heterocycles. The third kappa shape index (κ3) is 4.63. The normalized spacial score (nSPS) is 19.3. The maximum Gasteiger partial charge on any atom is 0.414 e. The fourth-order valence-corrected chi connectivity index (χ4v) is 3.85. The number of hydrogen-bond acceptors (Lipinski definition) is 9. The molecule has 182 valence electrons. The fraction of sp³-hybridized carbons (Fsp3) is 0.318. The van der Waals surface area contributed by atoms with E-state index in [1.165, 1.54) is 27.8 Å². The highest BCUT2D eigenvalue weighted by Gasteiger charge is 2.32. The zero-order valence-electron chi connectivity index (χ0n) is 18.2. The van der Waals surface area contributed by atoms with Crippen LogP contribution in [0.15, 0.2) is 42.7 Å². The molecule has 1 amide bonds. The highest BCUT2D eigenvalue weighted by Crippen LogP contribution is 2.28. The lowest BCUT2D eigenvalue weighted by Gasteiger charge is -2.22. The van der Waals surface area contributed by atoms with E-state index in [1.54, 1.807) is 24.4 Å². The van der Waals surface area contributed by atoms with E-state index in [9.17, 15) is 19.3 Å². The molecule has 2 atom stereocenters. The van der Waals surface area contributed by atoms with E-state index in [-0.39, 0.29) is 49.9 Å². The number of pyridine rings is 1. The van der Waals surface area contributed by atoms with Gasteiger partial charge < -0.3 is 29.4 Å². The van der Waals surface area contributed by atoms with Gasteiger partial charge in [0.2, 0.25) is 0 Å². The van der Waals surface area contributed by atoms with Crippen molar-refractivity contribution in [3.05, 3.63) is 64.2 Å². The summed E-state index contributed by atoms with van der Waals surface area (Å²) in [5, 5.41) is 20.0. The highest BCUT2D eigenvalue weighted by molar-refractivity contribution is 5.90. The monoisotopic (exact) mass is 485 g/mol. The fourth-order valence-electron chi connectivity index (χ4n) is 3.85. The van der Waals surface area contributed by atoms with Crippen molar-refractivity contribution < 1.29 is 33.4 Å². The molecule has 0 aliphatic carbocycles. The van der Waals surface area contributed by atoms with Gasteiger partial charge in [-0.1, -0.05) is 6.07 Å². The Labute approximate surface area is 197 Å². The molecule has 0 bridgehead atoms. The number of halogens is 1. The zero-order chi connectivity index (χ0) is 24.5. The van der Waals surface area contributed by atoms with Gasteiger partial charge in [0, 0.05) is 16.7 Å². The SMILES string of the molecule is O=C1OC(CO)CN1c1ccc(-c2ccc(COC3COc4nc([N+](=O)[O-])cn4C3)cn2)c(F)c1. The number of carbonyl (C=O) groups excluding carboxylic acids is 1. The summed E-state index contributed by atoms with van der Waals surface area (Å²) in [4.78, 5) is 31.6. The molecule has 2 unspecified atom stereocenters. The molecule has 2 aliphatic heterocycles. The first-order valence-corrected chi connectivity index (χ1v) is 10.7. The molecule has 1 N–H and O–H groups in total. The predicted molar refractivity (Wildman–Crippen MR) is 117 cm³/mol. The molecule has 0 saturated carbocycles. The number of aliphatic hydroxyl groups is 1. The van der Waals surface area contributed by atoms with Gasteiger partial charge in [0.05, 0.1) is 37.7 Å². The summed E-state index contributed by atoms with van der Waals surface area (Å²) in [6.07, 6.45) is 1.28. The smallest absolute Gasteiger partial charge is 0.414 e. The lowest BCUT2D eigenvalue weighted by atomic mass is 10.1. The third-order valence-electron chi connectivity index (χ3n) is 5.64. The van der Waals surface area contributed by atoms with Crippen LogP contribution < -0.4 is 9.64 Å². The molecule has 5 rings (SSSR count). The van der Waals surface area contributed by atoms with Crippen LogP contribution >= 0.6 is 0 Å². The number of aromatic nitrogens is 3. The lowest BCUT2D eigenvalue weighted by Crippen LogP contribution is -2.32. The molecule has 0 radical (unpaired) electrons. The van der Waals surface area contributed by atoms with Crippen LogP contribution in [0.1, 0.15) is 5.56 Å². The molecule has 3 aromatic rings. The zero-order valence-corrected chi connectivity index (χ0v) is 18.2. The van der Waals surface area contributed by atoms with E-state index in [0.29, 0.717) is 17.9 Å². The van der Waals surface area contributed by atoms with Crippen molar-refractivity contribution in [1.29, 1.82) is 0 Å². The summed E-state index contributed by atoms with van der Waals surface area (Å²) < 4.78 is 32.6. The first-order valence-electron chi connectivity index (χ1n) is 10.7. The molecular formula is C22H20FN5O7. The number of ether oxygens (including phenoxy) is 3. The summed E-state index contributed by atoms with van der Waals surface area (Å²) in [6.45, 7) is 0.636. The predicted octanol–water partition coefficient (Wildman–Crippen LogP) is 2.29. The topological polar surface area (TPSA) is 142 Å². The number of amides is 1. The first kappa shape index (κ1) is 22.7. The quantitative estimate of drug-likeness (QED) is 0.394. The van der Waals surface area contributed by atoms with Gasteiger partial charge in [0.1, 0.15) is 30.8 Å². The minimum Gasteiger partial charge on any atom is -0.443 e. The minimum absolute atomic E-state index is 0.145. The first-order chi connectivity index (χ1) is 16.9. The van der Waals surface area contributed by atoms with E-state index >= 15 is 0 Å². The number of carbonyl (C=O) groups is 1. The van der Waals surface area contributed by atoms with Crippen molar-refractivity contribution in [2.45, 2.75) is 25.4 Å². The molecule has 13 heteroatoms. The van der Waals surface area contributed by atoms with Crippen LogP contribution in [-0.2, 0) is 22.6 Å². The summed E-state index contributed by atoms with van der Waals surface area (Å²) in [5.74, 6) is -0.834. The van der Waals surface area contributed by atoms with E-state index in [0.717, 1.165) is 5.56 Å². The van der Waals surface area contributed by atoms with Crippen molar-refractivity contribution in [1.82, 2.24) is 14.5 Å². The van der Waals surface area contributed by atoms with Crippen molar-refractivity contribution >= 4 is 17.6 Å². The molecule has 2 aliphatic rings. The maximum absolute atomic E-state index is 14.8. The Morgan fingerprint density at radius 3 is 2.83 bits per heavy atom. The molecule has 35 heavy (non-hydrogen) atoms. The summed E-state index contributed by atoms with van der Waals surface area (Å²) >= 11 is 0. The molecule has 2 aromatic heterocycles. The second kappa shape index (κ2) is 9.27. The van der Waals surface area contributed by atoms with E-state index in [1.807, 2.05) is 0 Å². The van der Waals surface area contributed by atoms with Gasteiger partial charge in [0.15, 0.2) is 0 Å². The number of benzene rings is 1. The Morgan fingerprint density at radius 2 is 2.14 bits per heavy atom. The lowest BCUT2D eigenvalue weighted by molar-refractivity contribution is -0.389. The molecule has 0 spiro atoms. The molecule has 1 aromatic carbocycles. The van der Waals surface area contributed by atoms with E-state index in [4.69, 9.17) is 19.3 Å². The van der Waals surface area contributed by atoms with Crippen molar-refractivity contribution in [3.8, 4) is 17.3 Å². The number of nitrogens with zero attached hydrogens (tertiary/aromatic N) is 5. The average Bonchev–Trinajstić information content (AvgIpc) is 3.46. The van der Waals surface area contributed by atoms with Crippen LogP contribution in [0.25, 0.3) is 11.3 Å².